The molecule has 0 atom stereocenters. The highest BCUT2D eigenvalue weighted by Gasteiger charge is 2.25. The molecule has 0 bridgehead atoms. The molecule has 1 aromatic rings. The number of carbonyl (C=O) groups is 1. The molecule has 5 heteroatoms. The summed E-state index contributed by atoms with van der Waals surface area (Å²) in [4.78, 5) is 17.2. The van der Waals surface area contributed by atoms with Crippen LogP contribution in [0.15, 0.2) is 18.2 Å². The number of nitrogens with zero attached hydrogens (tertiary/aromatic N) is 2. The summed E-state index contributed by atoms with van der Waals surface area (Å²) in [6.07, 6.45) is 2.15. The van der Waals surface area contributed by atoms with Gasteiger partial charge in [0.15, 0.2) is 0 Å². The average molecular weight is 334 g/mol. The minimum Gasteiger partial charge on any atom is -0.497 e. The summed E-state index contributed by atoms with van der Waals surface area (Å²) in [5.41, 5.74) is 0.633. The van der Waals surface area contributed by atoms with Gasteiger partial charge in [-0.1, -0.05) is 13.8 Å². The predicted octanol–water partition coefficient (Wildman–Crippen LogP) is 2.90. The SMILES string of the molecule is CCN(CC)CC1CCN(C(=O)c2cc(OC)cc(OC)c2)CC1. The molecule has 0 N–H and O–H groups in total. The highest BCUT2D eigenvalue weighted by atomic mass is 16.5. The average Bonchev–Trinajstić information content (AvgIpc) is 2.65. The van der Waals surface area contributed by atoms with Crippen LogP contribution in [0.25, 0.3) is 0 Å². The first-order valence-electron chi connectivity index (χ1n) is 8.85. The van der Waals surface area contributed by atoms with Crippen molar-refractivity contribution < 1.29 is 14.3 Å². The van der Waals surface area contributed by atoms with E-state index >= 15 is 0 Å². The molecule has 0 unspecified atom stereocenters. The van der Waals surface area contributed by atoms with Crippen molar-refractivity contribution in [1.29, 1.82) is 0 Å². The molecule has 5 nitrogen and oxygen atoms in total. The molecule has 134 valence electrons. The number of hydrogen-bond acceptors (Lipinski definition) is 4. The number of piperidine rings is 1. The number of ether oxygens (including phenoxy) is 2. The van der Waals surface area contributed by atoms with Gasteiger partial charge < -0.3 is 19.3 Å². The highest BCUT2D eigenvalue weighted by Crippen LogP contribution is 2.25. The first kappa shape index (κ1) is 18.6. The molecule has 24 heavy (non-hydrogen) atoms. The Kier molecular flexibility index (Phi) is 6.91. The van der Waals surface area contributed by atoms with Crippen molar-refractivity contribution in [3.63, 3.8) is 0 Å². The van der Waals surface area contributed by atoms with Crippen LogP contribution >= 0.6 is 0 Å². The van der Waals surface area contributed by atoms with Gasteiger partial charge in [0.1, 0.15) is 11.5 Å². The lowest BCUT2D eigenvalue weighted by Crippen LogP contribution is -2.41. The first-order chi connectivity index (χ1) is 11.6. The van der Waals surface area contributed by atoms with Crippen LogP contribution in [0, 0.1) is 5.92 Å². The Morgan fingerprint density at radius 2 is 1.62 bits per heavy atom. The van der Waals surface area contributed by atoms with Gasteiger partial charge in [-0.15, -0.1) is 0 Å². The second-order valence-electron chi connectivity index (χ2n) is 6.32. The summed E-state index contributed by atoms with van der Waals surface area (Å²) in [6.45, 7) is 9.39. The molecule has 0 spiro atoms. The summed E-state index contributed by atoms with van der Waals surface area (Å²) in [5, 5.41) is 0. The zero-order valence-electron chi connectivity index (χ0n) is 15.4. The van der Waals surface area contributed by atoms with Crippen LogP contribution in [0.1, 0.15) is 37.0 Å². The molecule has 1 aromatic carbocycles. The van der Waals surface area contributed by atoms with Gasteiger partial charge in [0.25, 0.3) is 5.91 Å². The number of carbonyl (C=O) groups excluding carboxylic acids is 1. The molecule has 0 saturated carbocycles. The van der Waals surface area contributed by atoms with E-state index in [0.29, 0.717) is 23.0 Å². The first-order valence-corrected chi connectivity index (χ1v) is 8.85. The van der Waals surface area contributed by atoms with Gasteiger partial charge in [0.05, 0.1) is 14.2 Å². The molecule has 1 fully saturated rings. The van der Waals surface area contributed by atoms with E-state index in [-0.39, 0.29) is 5.91 Å². The molecule has 1 saturated heterocycles. The van der Waals surface area contributed by atoms with E-state index in [4.69, 9.17) is 9.47 Å². The van der Waals surface area contributed by atoms with Gasteiger partial charge in [-0.3, -0.25) is 4.79 Å². The predicted molar refractivity (Wildman–Crippen MR) is 96.0 cm³/mol. The third kappa shape index (κ3) is 4.63. The topological polar surface area (TPSA) is 42.0 Å². The van der Waals surface area contributed by atoms with E-state index < -0.39 is 0 Å². The number of hydrogen-bond donors (Lipinski definition) is 0. The Balaban J connectivity index is 1.97. The second-order valence-corrected chi connectivity index (χ2v) is 6.32. The van der Waals surface area contributed by atoms with E-state index in [9.17, 15) is 4.79 Å². The number of methoxy groups -OCH3 is 2. The van der Waals surface area contributed by atoms with E-state index in [1.807, 2.05) is 4.90 Å². The van der Waals surface area contributed by atoms with Crippen molar-refractivity contribution in [2.75, 3.05) is 46.9 Å². The number of amides is 1. The molecular weight excluding hydrogens is 304 g/mol. The maximum Gasteiger partial charge on any atom is 0.254 e. The van der Waals surface area contributed by atoms with Gasteiger partial charge in [-0.05, 0) is 44.0 Å². The van der Waals surface area contributed by atoms with Gasteiger partial charge in [-0.2, -0.15) is 0 Å². The molecular formula is C19H30N2O3. The van der Waals surface area contributed by atoms with Gasteiger partial charge in [0.2, 0.25) is 0 Å². The molecule has 2 rings (SSSR count). The number of benzene rings is 1. The lowest BCUT2D eigenvalue weighted by molar-refractivity contribution is 0.0669. The fourth-order valence-electron chi connectivity index (χ4n) is 3.28. The standard InChI is InChI=1S/C19H30N2O3/c1-5-20(6-2)14-15-7-9-21(10-8-15)19(22)16-11-17(23-3)13-18(12-16)24-4/h11-13,15H,5-10,14H2,1-4H3. The van der Waals surface area contributed by atoms with Crippen LogP contribution in [0.5, 0.6) is 11.5 Å². The van der Waals surface area contributed by atoms with E-state index in [1.54, 1.807) is 32.4 Å². The van der Waals surface area contributed by atoms with Crippen molar-refractivity contribution in [2.45, 2.75) is 26.7 Å². The van der Waals surface area contributed by atoms with Crippen molar-refractivity contribution in [2.24, 2.45) is 5.92 Å². The van der Waals surface area contributed by atoms with Crippen LogP contribution in [0.2, 0.25) is 0 Å². The molecule has 0 aromatic heterocycles. The van der Waals surface area contributed by atoms with Gasteiger partial charge in [-0.25, -0.2) is 0 Å². The Bertz CT molecular complexity index is 513. The number of likely N-dealkylation sites (tertiary alicyclic amines) is 1. The van der Waals surface area contributed by atoms with E-state index in [2.05, 4.69) is 18.7 Å². The Morgan fingerprint density at radius 3 is 2.08 bits per heavy atom. The highest BCUT2D eigenvalue weighted by molar-refractivity contribution is 5.95. The van der Waals surface area contributed by atoms with Crippen molar-refractivity contribution >= 4 is 5.91 Å². The normalized spacial score (nSPS) is 15.6. The Hall–Kier alpha value is -1.75. The molecule has 0 radical (unpaired) electrons. The van der Waals surface area contributed by atoms with Crippen molar-refractivity contribution in [3.05, 3.63) is 23.8 Å². The number of rotatable bonds is 7. The fraction of sp³-hybridized carbons (Fsp3) is 0.632. The molecule has 1 amide bonds. The van der Waals surface area contributed by atoms with Crippen molar-refractivity contribution in [1.82, 2.24) is 9.80 Å². The summed E-state index contributed by atoms with van der Waals surface area (Å²) < 4.78 is 10.5. The molecule has 0 aliphatic carbocycles. The Labute approximate surface area is 145 Å². The summed E-state index contributed by atoms with van der Waals surface area (Å²) in [5.74, 6) is 2.05. The summed E-state index contributed by atoms with van der Waals surface area (Å²) in [7, 11) is 3.20. The zero-order valence-corrected chi connectivity index (χ0v) is 15.4. The molecule has 1 heterocycles. The fourth-order valence-corrected chi connectivity index (χ4v) is 3.28. The van der Waals surface area contributed by atoms with Gasteiger partial charge in [0, 0.05) is 31.3 Å². The second kappa shape index (κ2) is 8.92. The summed E-state index contributed by atoms with van der Waals surface area (Å²) in [6, 6.07) is 5.35. The van der Waals surface area contributed by atoms with Crippen LogP contribution in [0.4, 0.5) is 0 Å². The third-order valence-electron chi connectivity index (χ3n) is 4.91. The minimum atomic E-state index is 0.0634. The maximum absolute atomic E-state index is 12.8. The van der Waals surface area contributed by atoms with Crippen LogP contribution in [-0.2, 0) is 0 Å². The smallest absolute Gasteiger partial charge is 0.254 e. The molecule has 1 aliphatic rings. The van der Waals surface area contributed by atoms with Crippen LogP contribution in [-0.4, -0.2) is 62.7 Å². The lowest BCUT2D eigenvalue weighted by Gasteiger charge is -2.34. The van der Waals surface area contributed by atoms with Crippen LogP contribution < -0.4 is 9.47 Å². The quantitative estimate of drug-likeness (QED) is 0.769. The van der Waals surface area contributed by atoms with Gasteiger partial charge >= 0.3 is 0 Å². The third-order valence-corrected chi connectivity index (χ3v) is 4.91. The monoisotopic (exact) mass is 334 g/mol. The maximum atomic E-state index is 12.8. The Morgan fingerprint density at radius 1 is 1.08 bits per heavy atom. The van der Waals surface area contributed by atoms with Crippen molar-refractivity contribution in [3.8, 4) is 11.5 Å². The lowest BCUT2D eigenvalue weighted by atomic mass is 9.95. The minimum absolute atomic E-state index is 0.0634. The largest absolute Gasteiger partial charge is 0.497 e. The molecule has 1 aliphatic heterocycles. The zero-order chi connectivity index (χ0) is 17.5. The van der Waals surface area contributed by atoms with Crippen LogP contribution in [0.3, 0.4) is 0 Å². The summed E-state index contributed by atoms with van der Waals surface area (Å²) >= 11 is 0. The van der Waals surface area contributed by atoms with E-state index in [0.717, 1.165) is 45.6 Å². The van der Waals surface area contributed by atoms with E-state index in [1.165, 1.54) is 0 Å².